The van der Waals surface area contributed by atoms with Crippen LogP contribution in [0.2, 0.25) is 0 Å². The Labute approximate surface area is 211 Å². The number of nitrogens with zero attached hydrogens (tertiary/aromatic N) is 1. The van der Waals surface area contributed by atoms with Gasteiger partial charge in [0.05, 0.1) is 32.8 Å². The van der Waals surface area contributed by atoms with Gasteiger partial charge in [-0.15, -0.1) is 0 Å². The molecule has 0 saturated carbocycles. The number of methoxy groups -OCH3 is 4. The minimum Gasteiger partial charge on any atom is -0.493 e. The summed E-state index contributed by atoms with van der Waals surface area (Å²) in [6.45, 7) is 2.72. The third-order valence-corrected chi connectivity index (χ3v) is 7.27. The van der Waals surface area contributed by atoms with Gasteiger partial charge in [-0.2, -0.15) is 0 Å². The number of benzene rings is 1. The van der Waals surface area contributed by atoms with Crippen LogP contribution in [0.4, 0.5) is 0 Å². The molecule has 1 heterocycles. The molecule has 0 radical (unpaired) electrons. The first-order valence-corrected chi connectivity index (χ1v) is 11.9. The zero-order chi connectivity index (χ0) is 26.1. The van der Waals surface area contributed by atoms with Crippen LogP contribution in [-0.2, 0) is 40.4 Å². The normalized spacial score (nSPS) is 25.4. The highest BCUT2D eigenvalue weighted by Crippen LogP contribution is 2.61. The molecule has 1 aromatic rings. The maximum absolute atomic E-state index is 12.5. The Bertz CT molecular complexity index is 1140. The van der Waals surface area contributed by atoms with Crippen molar-refractivity contribution in [3.8, 4) is 11.5 Å². The molecule has 1 aliphatic heterocycles. The molecular formula is C27H33NO8. The molecule has 0 amide bonds. The lowest BCUT2D eigenvalue weighted by Gasteiger charge is -2.49. The minimum atomic E-state index is -1.13. The molecule has 0 bridgehead atoms. The number of allylic oxidation sites excluding steroid dienone is 2. The molecule has 0 saturated heterocycles. The van der Waals surface area contributed by atoms with Crippen molar-refractivity contribution in [2.45, 2.75) is 37.1 Å². The van der Waals surface area contributed by atoms with Crippen LogP contribution in [0, 0.1) is 0 Å². The van der Waals surface area contributed by atoms with Crippen molar-refractivity contribution < 1.29 is 38.0 Å². The second kappa shape index (κ2) is 9.99. The van der Waals surface area contributed by atoms with Crippen molar-refractivity contribution in [3.63, 3.8) is 0 Å². The third-order valence-electron chi connectivity index (χ3n) is 7.27. The van der Waals surface area contributed by atoms with Crippen LogP contribution in [0.5, 0.6) is 11.5 Å². The second-order valence-corrected chi connectivity index (χ2v) is 8.87. The van der Waals surface area contributed by atoms with Gasteiger partial charge in [0.2, 0.25) is 5.79 Å². The molecule has 0 N–H and O–H groups in total. The summed E-state index contributed by atoms with van der Waals surface area (Å²) in [5, 5.41) is 0. The number of carbonyl (C=O) groups excluding carboxylic acids is 2. The van der Waals surface area contributed by atoms with Crippen LogP contribution in [0.15, 0.2) is 47.7 Å². The van der Waals surface area contributed by atoms with Crippen LogP contribution in [0.1, 0.15) is 24.5 Å². The predicted molar refractivity (Wildman–Crippen MR) is 131 cm³/mol. The van der Waals surface area contributed by atoms with Crippen LogP contribution < -0.4 is 9.47 Å². The van der Waals surface area contributed by atoms with Crippen molar-refractivity contribution in [1.82, 2.24) is 4.90 Å². The fourth-order valence-electron chi connectivity index (χ4n) is 5.57. The van der Waals surface area contributed by atoms with Gasteiger partial charge in [-0.1, -0.05) is 18.2 Å². The summed E-state index contributed by atoms with van der Waals surface area (Å²) in [4.78, 5) is 26.1. The number of likely N-dealkylation sites (N-methyl/N-ethyl adjacent to an activating group) is 1. The molecule has 0 spiro atoms. The SMILES string of the molecule is CCO[C@@]1(OC)C=CC2=CCc3ccc(OC)c4c3[C@@]2(CCN(C)/C(=C/C(=O)OC)C(=O)OC)[C@H]1O4. The molecule has 0 unspecified atom stereocenters. The van der Waals surface area contributed by atoms with E-state index in [4.69, 9.17) is 28.4 Å². The second-order valence-electron chi connectivity index (χ2n) is 8.87. The largest absolute Gasteiger partial charge is 0.493 e. The first kappa shape index (κ1) is 25.8. The molecule has 9 heteroatoms. The van der Waals surface area contributed by atoms with E-state index in [-0.39, 0.29) is 5.70 Å². The number of rotatable bonds is 10. The first-order chi connectivity index (χ1) is 17.3. The third kappa shape index (κ3) is 3.87. The van der Waals surface area contributed by atoms with E-state index in [2.05, 4.69) is 12.1 Å². The number of hydrogen-bond donors (Lipinski definition) is 0. The fraction of sp³-hybridized carbons (Fsp3) is 0.481. The minimum absolute atomic E-state index is 0.0964. The predicted octanol–water partition coefficient (Wildman–Crippen LogP) is 2.68. The Balaban J connectivity index is 1.82. The Morgan fingerprint density at radius 2 is 1.97 bits per heavy atom. The molecule has 4 rings (SSSR count). The molecule has 0 fully saturated rings. The number of carbonyl (C=O) groups is 2. The standard InChI is InChI=1S/C27H33NO8/c1-7-35-27(34-6)13-12-18-10-8-17-9-11-20(31-3)23-22(17)26(18,25(27)36-23)14-15-28(2)19(24(30)33-5)16-21(29)32-4/h9-13,16,25H,7-8,14-15H2,1-6H3/b19-16+/t25-,26+,27+/m1/s1. The number of ether oxygens (including phenoxy) is 6. The Kier molecular flexibility index (Phi) is 7.15. The summed E-state index contributed by atoms with van der Waals surface area (Å²) in [7, 11) is 7.50. The molecule has 3 atom stereocenters. The summed E-state index contributed by atoms with van der Waals surface area (Å²) in [5.74, 6) is -1.09. The zero-order valence-electron chi connectivity index (χ0n) is 21.6. The van der Waals surface area contributed by atoms with Gasteiger partial charge in [-0.05, 0) is 43.0 Å². The number of hydrogen-bond acceptors (Lipinski definition) is 9. The van der Waals surface area contributed by atoms with Crippen molar-refractivity contribution in [2.24, 2.45) is 0 Å². The lowest BCUT2D eigenvalue weighted by Crippen LogP contribution is -2.60. The average molecular weight is 500 g/mol. The van der Waals surface area contributed by atoms with Crippen molar-refractivity contribution in [1.29, 1.82) is 0 Å². The van der Waals surface area contributed by atoms with E-state index in [0.29, 0.717) is 31.1 Å². The Hall–Kier alpha value is -3.30. The van der Waals surface area contributed by atoms with E-state index in [1.165, 1.54) is 14.2 Å². The van der Waals surface area contributed by atoms with E-state index in [1.54, 1.807) is 26.2 Å². The summed E-state index contributed by atoms with van der Waals surface area (Å²) >= 11 is 0. The van der Waals surface area contributed by atoms with Crippen LogP contribution in [0.3, 0.4) is 0 Å². The Morgan fingerprint density at radius 1 is 1.19 bits per heavy atom. The van der Waals surface area contributed by atoms with Gasteiger partial charge in [-0.25, -0.2) is 9.59 Å². The van der Waals surface area contributed by atoms with E-state index in [9.17, 15) is 9.59 Å². The van der Waals surface area contributed by atoms with Crippen molar-refractivity contribution in [2.75, 3.05) is 48.6 Å². The molecular weight excluding hydrogens is 466 g/mol. The molecule has 3 aliphatic rings. The lowest BCUT2D eigenvalue weighted by atomic mass is 9.60. The van der Waals surface area contributed by atoms with Crippen LogP contribution >= 0.6 is 0 Å². The zero-order valence-corrected chi connectivity index (χ0v) is 21.6. The van der Waals surface area contributed by atoms with Gasteiger partial charge in [0.25, 0.3) is 0 Å². The van der Waals surface area contributed by atoms with E-state index in [1.807, 2.05) is 25.1 Å². The summed E-state index contributed by atoms with van der Waals surface area (Å²) in [6, 6.07) is 3.98. The van der Waals surface area contributed by atoms with Gasteiger partial charge in [0.1, 0.15) is 5.70 Å². The maximum atomic E-state index is 12.5. The molecule has 194 valence electrons. The quantitative estimate of drug-likeness (QED) is 0.274. The van der Waals surface area contributed by atoms with Crippen molar-refractivity contribution >= 4 is 11.9 Å². The Morgan fingerprint density at radius 3 is 2.61 bits per heavy atom. The molecule has 1 aromatic carbocycles. The summed E-state index contributed by atoms with van der Waals surface area (Å²) in [6.07, 6.45) is 8.04. The molecule has 9 nitrogen and oxygen atoms in total. The van der Waals surface area contributed by atoms with Gasteiger partial charge < -0.3 is 33.3 Å². The highest BCUT2D eigenvalue weighted by Gasteiger charge is 2.64. The molecule has 2 aliphatic carbocycles. The molecule has 0 aromatic heterocycles. The van der Waals surface area contributed by atoms with Gasteiger partial charge in [-0.3, -0.25) is 0 Å². The van der Waals surface area contributed by atoms with Gasteiger partial charge in [0, 0.05) is 32.9 Å². The van der Waals surface area contributed by atoms with Gasteiger partial charge in [0.15, 0.2) is 17.6 Å². The summed E-state index contributed by atoms with van der Waals surface area (Å²) < 4.78 is 34.2. The highest BCUT2D eigenvalue weighted by molar-refractivity contribution is 5.95. The van der Waals surface area contributed by atoms with E-state index in [0.717, 1.165) is 29.2 Å². The first-order valence-electron chi connectivity index (χ1n) is 11.9. The maximum Gasteiger partial charge on any atom is 0.354 e. The lowest BCUT2D eigenvalue weighted by molar-refractivity contribution is -0.241. The van der Waals surface area contributed by atoms with E-state index < -0.39 is 29.2 Å². The van der Waals surface area contributed by atoms with Crippen LogP contribution in [0.25, 0.3) is 0 Å². The van der Waals surface area contributed by atoms with E-state index >= 15 is 0 Å². The monoisotopic (exact) mass is 499 g/mol. The number of esters is 2. The smallest absolute Gasteiger partial charge is 0.354 e. The summed E-state index contributed by atoms with van der Waals surface area (Å²) in [5.41, 5.74) is 2.72. The molecule has 36 heavy (non-hydrogen) atoms. The van der Waals surface area contributed by atoms with Crippen molar-refractivity contribution in [3.05, 3.63) is 58.8 Å². The highest BCUT2D eigenvalue weighted by atomic mass is 16.7. The topological polar surface area (TPSA) is 92.8 Å². The fourth-order valence-corrected chi connectivity index (χ4v) is 5.57. The van der Waals surface area contributed by atoms with Crippen LogP contribution in [-0.4, -0.2) is 77.4 Å². The van der Waals surface area contributed by atoms with Gasteiger partial charge >= 0.3 is 11.9 Å². The average Bonchev–Trinajstić information content (AvgIpc) is 3.27.